The number of nitrogens with one attached hydrogen (secondary N) is 2. The van der Waals surface area contributed by atoms with E-state index >= 15 is 0 Å². The molecule has 0 aliphatic heterocycles. The van der Waals surface area contributed by atoms with E-state index in [2.05, 4.69) is 5.32 Å². The van der Waals surface area contributed by atoms with E-state index in [-0.39, 0.29) is 26.9 Å². The second-order valence-electron chi connectivity index (χ2n) is 7.22. The maximum atomic E-state index is 13.4. The number of alkyl halides is 5. The summed E-state index contributed by atoms with van der Waals surface area (Å²) in [6.45, 7) is -0.0708. The van der Waals surface area contributed by atoms with Gasteiger partial charge in [0.1, 0.15) is 16.7 Å². The number of rotatable bonds is 5. The zero-order valence-corrected chi connectivity index (χ0v) is 19.1. The summed E-state index contributed by atoms with van der Waals surface area (Å²) in [7, 11) is 0. The summed E-state index contributed by atoms with van der Waals surface area (Å²) in [5.41, 5.74) is 0.613. The van der Waals surface area contributed by atoms with Gasteiger partial charge in [0.25, 0.3) is 5.91 Å². The van der Waals surface area contributed by atoms with Crippen LogP contribution in [0.1, 0.15) is 27.4 Å². The molecule has 0 heterocycles. The van der Waals surface area contributed by atoms with Gasteiger partial charge in [-0.2, -0.15) is 13.2 Å². The summed E-state index contributed by atoms with van der Waals surface area (Å²) in [4.78, 5) is 25.0. The normalized spacial score (nSPS) is 19.4. The molecule has 0 saturated heterocycles. The minimum Gasteiger partial charge on any atom is -0.343 e. The fraction of sp³-hybridized carbons (Fsp3) is 0.300. The van der Waals surface area contributed by atoms with Gasteiger partial charge in [-0.1, -0.05) is 29.3 Å². The first-order chi connectivity index (χ1) is 14.7. The molecule has 2 aromatic rings. The molecule has 0 aromatic heterocycles. The lowest BCUT2D eigenvalue weighted by molar-refractivity contribution is -0.123. The Labute approximate surface area is 200 Å². The molecule has 1 saturated carbocycles. The van der Waals surface area contributed by atoms with E-state index in [1.807, 2.05) is 0 Å². The molecule has 1 aliphatic rings. The fourth-order valence-corrected chi connectivity index (χ4v) is 4.49. The quantitative estimate of drug-likeness (QED) is 0.353. The Morgan fingerprint density at radius 3 is 2.34 bits per heavy atom. The van der Waals surface area contributed by atoms with Crippen LogP contribution in [0.2, 0.25) is 10.0 Å². The highest BCUT2D eigenvalue weighted by Crippen LogP contribution is 2.65. The maximum absolute atomic E-state index is 13.4. The van der Waals surface area contributed by atoms with Gasteiger partial charge in [0.2, 0.25) is 5.91 Å². The number of hydrogen-bond donors (Lipinski definition) is 2. The summed E-state index contributed by atoms with van der Waals surface area (Å²) in [5.74, 6) is -3.89. The lowest BCUT2D eigenvalue weighted by atomic mass is 10.1. The molecule has 1 fully saturated rings. The van der Waals surface area contributed by atoms with Gasteiger partial charge in [-0.05, 0) is 42.3 Å². The van der Waals surface area contributed by atoms with Crippen molar-refractivity contribution in [2.24, 2.45) is 5.92 Å². The van der Waals surface area contributed by atoms with Crippen LogP contribution in [0.25, 0.3) is 0 Å². The molecule has 32 heavy (non-hydrogen) atoms. The minimum absolute atomic E-state index is 0.0561. The Hall–Kier alpha value is -1.74. The lowest BCUT2D eigenvalue weighted by Gasteiger charge is -2.13. The van der Waals surface area contributed by atoms with Gasteiger partial charge in [-0.15, -0.1) is 23.2 Å². The van der Waals surface area contributed by atoms with Crippen molar-refractivity contribution in [2.45, 2.75) is 23.4 Å². The Kier molecular flexibility index (Phi) is 6.92. The van der Waals surface area contributed by atoms with Crippen LogP contribution in [0.5, 0.6) is 0 Å². The van der Waals surface area contributed by atoms with E-state index in [1.54, 1.807) is 5.32 Å². The summed E-state index contributed by atoms with van der Waals surface area (Å²) in [6, 6.07) is 6.39. The highest BCUT2D eigenvalue weighted by molar-refractivity contribution is 6.53. The molecule has 1 aliphatic carbocycles. The molecule has 4 nitrogen and oxygen atoms in total. The SMILES string of the molecule is Cc1c(Cl)cc(NC(=O)C2C(c3ccc(F)c(Cl)c3)C2(Cl)Cl)cc1C(=O)NCC(F)(F)F. The first kappa shape index (κ1) is 24.9. The van der Waals surface area contributed by atoms with Crippen molar-refractivity contribution in [3.05, 3.63) is 62.9 Å². The van der Waals surface area contributed by atoms with E-state index in [9.17, 15) is 27.2 Å². The van der Waals surface area contributed by atoms with Crippen molar-refractivity contribution in [3.63, 3.8) is 0 Å². The van der Waals surface area contributed by atoms with E-state index in [1.165, 1.54) is 31.2 Å². The highest BCUT2D eigenvalue weighted by atomic mass is 35.5. The van der Waals surface area contributed by atoms with E-state index in [0.29, 0.717) is 5.56 Å². The van der Waals surface area contributed by atoms with Gasteiger partial charge >= 0.3 is 6.18 Å². The largest absolute Gasteiger partial charge is 0.405 e. The molecule has 2 aromatic carbocycles. The molecular formula is C20H14Cl4F4N2O2. The third-order valence-electron chi connectivity index (χ3n) is 4.94. The van der Waals surface area contributed by atoms with Crippen LogP contribution in [0.4, 0.5) is 23.2 Å². The monoisotopic (exact) mass is 530 g/mol. The van der Waals surface area contributed by atoms with Crippen LogP contribution in [-0.2, 0) is 4.79 Å². The molecule has 172 valence electrons. The van der Waals surface area contributed by atoms with Crippen molar-refractivity contribution >= 4 is 63.9 Å². The molecule has 2 N–H and O–H groups in total. The molecule has 2 atom stereocenters. The number of carbonyl (C=O) groups is 2. The van der Waals surface area contributed by atoms with Gasteiger partial charge in [0, 0.05) is 22.2 Å². The van der Waals surface area contributed by atoms with Gasteiger partial charge in [-0.3, -0.25) is 9.59 Å². The predicted octanol–water partition coefficient (Wildman–Crippen LogP) is 6.26. The molecule has 2 unspecified atom stereocenters. The first-order valence-electron chi connectivity index (χ1n) is 9.01. The average molecular weight is 532 g/mol. The Morgan fingerprint density at radius 1 is 1.09 bits per heavy atom. The summed E-state index contributed by atoms with van der Waals surface area (Å²) < 4.78 is 49.1. The van der Waals surface area contributed by atoms with Gasteiger partial charge in [0.15, 0.2) is 0 Å². The third-order valence-corrected chi connectivity index (χ3v) is 6.57. The molecule has 0 radical (unpaired) electrons. The topological polar surface area (TPSA) is 58.2 Å². The second kappa shape index (κ2) is 8.89. The number of hydrogen-bond acceptors (Lipinski definition) is 2. The molecule has 0 bridgehead atoms. The van der Waals surface area contributed by atoms with Crippen LogP contribution in [0, 0.1) is 18.7 Å². The number of benzene rings is 2. The number of carbonyl (C=O) groups excluding carboxylic acids is 2. The maximum Gasteiger partial charge on any atom is 0.405 e. The molecule has 3 rings (SSSR count). The highest BCUT2D eigenvalue weighted by Gasteiger charge is 2.67. The predicted molar refractivity (Wildman–Crippen MR) is 115 cm³/mol. The van der Waals surface area contributed by atoms with Gasteiger partial charge in [0.05, 0.1) is 10.9 Å². The average Bonchev–Trinajstić information content (AvgIpc) is 3.26. The first-order valence-corrected chi connectivity index (χ1v) is 10.5. The summed E-state index contributed by atoms with van der Waals surface area (Å²) in [6.07, 6.45) is -4.59. The number of halogens is 8. The Morgan fingerprint density at radius 2 is 1.75 bits per heavy atom. The van der Waals surface area contributed by atoms with E-state index in [4.69, 9.17) is 46.4 Å². The Balaban J connectivity index is 1.79. The smallest absolute Gasteiger partial charge is 0.343 e. The van der Waals surface area contributed by atoms with Crippen molar-refractivity contribution in [1.29, 1.82) is 0 Å². The van der Waals surface area contributed by atoms with Crippen molar-refractivity contribution < 1.29 is 27.2 Å². The van der Waals surface area contributed by atoms with Crippen LogP contribution < -0.4 is 10.6 Å². The summed E-state index contributed by atoms with van der Waals surface area (Å²) in [5, 5.41) is 4.17. The fourth-order valence-electron chi connectivity index (χ4n) is 3.26. The molecule has 2 amide bonds. The van der Waals surface area contributed by atoms with Crippen molar-refractivity contribution in [1.82, 2.24) is 5.32 Å². The summed E-state index contributed by atoms with van der Waals surface area (Å²) >= 11 is 24.4. The minimum atomic E-state index is -4.59. The third kappa shape index (κ3) is 5.25. The van der Waals surface area contributed by atoms with Crippen LogP contribution in [-0.4, -0.2) is 28.9 Å². The standard InChI is InChI=1S/C20H14Cl4F4N2O2/c1-8-11(17(31)29-7-19(26,27)28)5-10(6-12(8)21)30-18(32)16-15(20(16,23)24)9-2-3-14(25)13(22)4-9/h2-6,15-16H,7H2,1H3,(H,29,31)(H,30,32). The van der Waals surface area contributed by atoms with Crippen LogP contribution >= 0.6 is 46.4 Å². The number of anilines is 1. The van der Waals surface area contributed by atoms with Gasteiger partial charge in [-0.25, -0.2) is 4.39 Å². The molecule has 12 heteroatoms. The van der Waals surface area contributed by atoms with E-state index in [0.717, 1.165) is 6.07 Å². The zero-order chi connectivity index (χ0) is 24.0. The molecule has 0 spiro atoms. The van der Waals surface area contributed by atoms with Crippen molar-refractivity contribution in [3.8, 4) is 0 Å². The second-order valence-corrected chi connectivity index (χ2v) is 9.48. The Bertz CT molecular complexity index is 1090. The number of amides is 2. The van der Waals surface area contributed by atoms with Crippen molar-refractivity contribution in [2.75, 3.05) is 11.9 Å². The van der Waals surface area contributed by atoms with Crippen LogP contribution in [0.15, 0.2) is 30.3 Å². The lowest BCUT2D eigenvalue weighted by Crippen LogP contribution is -2.34. The van der Waals surface area contributed by atoms with Crippen LogP contribution in [0.3, 0.4) is 0 Å². The van der Waals surface area contributed by atoms with Gasteiger partial charge < -0.3 is 10.6 Å². The molecular weight excluding hydrogens is 518 g/mol. The zero-order valence-electron chi connectivity index (χ0n) is 16.1. The van der Waals surface area contributed by atoms with E-state index < -0.39 is 46.5 Å².